The summed E-state index contributed by atoms with van der Waals surface area (Å²) in [5.41, 5.74) is -0.0758. The summed E-state index contributed by atoms with van der Waals surface area (Å²) in [6, 6.07) is 3.44. The predicted octanol–water partition coefficient (Wildman–Crippen LogP) is 2.27. The molecular formula is C13H15FN2O4. The number of nitrogens with zero attached hydrogens (tertiary/aromatic N) is 2. The summed E-state index contributed by atoms with van der Waals surface area (Å²) in [6.07, 6.45) is 1.71. The fourth-order valence-corrected chi connectivity index (χ4v) is 2.03. The third kappa shape index (κ3) is 3.23. The zero-order chi connectivity index (χ0) is 14.7. The second kappa shape index (κ2) is 5.85. The van der Waals surface area contributed by atoms with Crippen molar-refractivity contribution in [3.8, 4) is 0 Å². The summed E-state index contributed by atoms with van der Waals surface area (Å²) in [7, 11) is 0. The van der Waals surface area contributed by atoms with Crippen molar-refractivity contribution in [3.05, 3.63) is 34.1 Å². The van der Waals surface area contributed by atoms with Gasteiger partial charge in [-0.1, -0.05) is 0 Å². The van der Waals surface area contributed by atoms with Gasteiger partial charge >= 0.3 is 5.97 Å². The van der Waals surface area contributed by atoms with Crippen LogP contribution in [0.15, 0.2) is 18.2 Å². The van der Waals surface area contributed by atoms with Gasteiger partial charge in [-0.25, -0.2) is 4.39 Å². The van der Waals surface area contributed by atoms with E-state index in [-0.39, 0.29) is 30.6 Å². The van der Waals surface area contributed by atoms with Crippen molar-refractivity contribution < 1.29 is 18.8 Å². The number of carbonyl (C=O) groups is 1. The molecule has 7 heteroatoms. The monoisotopic (exact) mass is 282 g/mol. The highest BCUT2D eigenvalue weighted by molar-refractivity contribution is 5.78. The third-order valence-corrected chi connectivity index (χ3v) is 3.04. The number of anilines is 1. The molecule has 0 aromatic heterocycles. The van der Waals surface area contributed by atoms with Gasteiger partial charge in [0.25, 0.3) is 5.69 Å². The van der Waals surface area contributed by atoms with Crippen LogP contribution in [0.4, 0.5) is 15.8 Å². The van der Waals surface area contributed by atoms with Crippen LogP contribution in [0.5, 0.6) is 0 Å². The lowest BCUT2D eigenvalue weighted by molar-refractivity contribution is -0.384. The molecule has 0 unspecified atom stereocenters. The van der Waals surface area contributed by atoms with E-state index in [0.717, 1.165) is 25.0 Å². The fourth-order valence-electron chi connectivity index (χ4n) is 2.03. The normalized spacial score (nSPS) is 13.9. The topological polar surface area (TPSA) is 72.7 Å². The lowest BCUT2D eigenvalue weighted by atomic mass is 10.2. The molecule has 0 spiro atoms. The molecule has 108 valence electrons. The number of ether oxygens (including phenoxy) is 1. The first kappa shape index (κ1) is 14.2. The molecule has 0 atom stereocenters. The summed E-state index contributed by atoms with van der Waals surface area (Å²) < 4.78 is 18.0. The summed E-state index contributed by atoms with van der Waals surface area (Å²) in [6.45, 7) is 1.88. The van der Waals surface area contributed by atoms with Gasteiger partial charge in [0.2, 0.25) is 0 Å². The standard InChI is InChI=1S/C13H15FN2O4/c1-2-20-13(17)8-15(10-4-5-10)11-6-3-9(14)7-12(11)16(18)19/h3,6-7,10H,2,4-5,8H2,1H3. The summed E-state index contributed by atoms with van der Waals surface area (Å²) in [5, 5.41) is 11.0. The summed E-state index contributed by atoms with van der Waals surface area (Å²) in [4.78, 5) is 23.6. The second-order valence-electron chi connectivity index (χ2n) is 4.55. The number of nitro benzene ring substituents is 1. The van der Waals surface area contributed by atoms with E-state index in [1.807, 2.05) is 0 Å². The molecule has 1 aromatic rings. The first-order valence-corrected chi connectivity index (χ1v) is 6.39. The minimum Gasteiger partial charge on any atom is -0.465 e. The number of hydrogen-bond acceptors (Lipinski definition) is 5. The van der Waals surface area contributed by atoms with Crippen LogP contribution in [0.3, 0.4) is 0 Å². The van der Waals surface area contributed by atoms with Crippen molar-refractivity contribution in [1.29, 1.82) is 0 Å². The average Bonchev–Trinajstić information content (AvgIpc) is 3.20. The highest BCUT2D eigenvalue weighted by Crippen LogP contribution is 2.37. The largest absolute Gasteiger partial charge is 0.465 e. The number of carbonyl (C=O) groups excluding carboxylic acids is 1. The molecular weight excluding hydrogens is 267 g/mol. The van der Waals surface area contributed by atoms with Gasteiger partial charge < -0.3 is 9.64 Å². The molecule has 0 bridgehead atoms. The molecule has 1 aliphatic carbocycles. The lowest BCUT2D eigenvalue weighted by Gasteiger charge is -2.23. The van der Waals surface area contributed by atoms with E-state index in [2.05, 4.69) is 0 Å². The maximum absolute atomic E-state index is 13.2. The number of benzene rings is 1. The van der Waals surface area contributed by atoms with Crippen molar-refractivity contribution in [2.75, 3.05) is 18.1 Å². The van der Waals surface area contributed by atoms with Gasteiger partial charge in [-0.15, -0.1) is 0 Å². The Bertz CT molecular complexity index is 531. The number of hydrogen-bond donors (Lipinski definition) is 0. The SMILES string of the molecule is CCOC(=O)CN(c1ccc(F)cc1[N+](=O)[O-])C1CC1. The number of esters is 1. The van der Waals surface area contributed by atoms with Crippen molar-refractivity contribution in [3.63, 3.8) is 0 Å². The van der Waals surface area contributed by atoms with Crippen molar-refractivity contribution in [2.24, 2.45) is 0 Å². The molecule has 20 heavy (non-hydrogen) atoms. The predicted molar refractivity (Wildman–Crippen MR) is 70.1 cm³/mol. The molecule has 6 nitrogen and oxygen atoms in total. The summed E-state index contributed by atoms with van der Waals surface area (Å²) in [5.74, 6) is -1.12. The Morgan fingerprint density at radius 2 is 2.25 bits per heavy atom. The quantitative estimate of drug-likeness (QED) is 0.454. The molecule has 2 rings (SSSR count). The smallest absolute Gasteiger partial charge is 0.325 e. The van der Waals surface area contributed by atoms with E-state index in [9.17, 15) is 19.3 Å². The average molecular weight is 282 g/mol. The van der Waals surface area contributed by atoms with Crippen LogP contribution >= 0.6 is 0 Å². The maximum Gasteiger partial charge on any atom is 0.325 e. The number of rotatable bonds is 6. The van der Waals surface area contributed by atoms with E-state index >= 15 is 0 Å². The zero-order valence-electron chi connectivity index (χ0n) is 11.0. The van der Waals surface area contributed by atoms with Crippen LogP contribution in [0, 0.1) is 15.9 Å². The van der Waals surface area contributed by atoms with Crippen molar-refractivity contribution in [2.45, 2.75) is 25.8 Å². The van der Waals surface area contributed by atoms with Crippen LogP contribution in [-0.2, 0) is 9.53 Å². The number of nitro groups is 1. The molecule has 0 N–H and O–H groups in total. The van der Waals surface area contributed by atoms with Gasteiger partial charge in [-0.2, -0.15) is 0 Å². The Hall–Kier alpha value is -2.18. The second-order valence-corrected chi connectivity index (χ2v) is 4.55. The molecule has 1 aliphatic rings. The van der Waals surface area contributed by atoms with Gasteiger partial charge in [0.05, 0.1) is 17.6 Å². The Morgan fingerprint density at radius 3 is 2.80 bits per heavy atom. The molecule has 0 heterocycles. The number of halogens is 1. The first-order valence-electron chi connectivity index (χ1n) is 6.39. The highest BCUT2D eigenvalue weighted by atomic mass is 19.1. The Balaban J connectivity index is 2.29. The Labute approximate surface area is 115 Å². The van der Waals surface area contributed by atoms with Crippen molar-refractivity contribution in [1.82, 2.24) is 0 Å². The van der Waals surface area contributed by atoms with Crippen LogP contribution in [-0.4, -0.2) is 30.1 Å². The molecule has 1 saturated carbocycles. The van der Waals surface area contributed by atoms with E-state index < -0.39 is 16.7 Å². The molecule has 0 saturated heterocycles. The van der Waals surface area contributed by atoms with Gasteiger partial charge in [-0.3, -0.25) is 14.9 Å². The Morgan fingerprint density at radius 1 is 1.55 bits per heavy atom. The molecule has 1 aromatic carbocycles. The third-order valence-electron chi connectivity index (χ3n) is 3.04. The van der Waals surface area contributed by atoms with E-state index in [1.165, 1.54) is 6.07 Å². The minimum absolute atomic E-state index is 0.0645. The van der Waals surface area contributed by atoms with Gasteiger partial charge in [0, 0.05) is 6.04 Å². The van der Waals surface area contributed by atoms with Crippen LogP contribution in [0.25, 0.3) is 0 Å². The van der Waals surface area contributed by atoms with Crippen LogP contribution in [0.2, 0.25) is 0 Å². The molecule has 0 aliphatic heterocycles. The van der Waals surface area contributed by atoms with E-state index in [0.29, 0.717) is 0 Å². The van der Waals surface area contributed by atoms with E-state index in [1.54, 1.807) is 11.8 Å². The fraction of sp³-hybridized carbons (Fsp3) is 0.462. The minimum atomic E-state index is -0.674. The van der Waals surface area contributed by atoms with Crippen molar-refractivity contribution >= 4 is 17.3 Å². The molecule has 0 amide bonds. The molecule has 1 fully saturated rings. The van der Waals surface area contributed by atoms with Gasteiger partial charge in [-0.05, 0) is 31.9 Å². The van der Waals surface area contributed by atoms with Crippen LogP contribution in [0.1, 0.15) is 19.8 Å². The Kier molecular flexibility index (Phi) is 4.16. The van der Waals surface area contributed by atoms with Gasteiger partial charge in [0.1, 0.15) is 18.0 Å². The lowest BCUT2D eigenvalue weighted by Crippen LogP contribution is -2.33. The van der Waals surface area contributed by atoms with Gasteiger partial charge in [0.15, 0.2) is 0 Å². The highest BCUT2D eigenvalue weighted by Gasteiger charge is 2.34. The first-order chi connectivity index (χ1) is 9.52. The van der Waals surface area contributed by atoms with E-state index in [4.69, 9.17) is 4.74 Å². The van der Waals surface area contributed by atoms with Crippen LogP contribution < -0.4 is 4.90 Å². The zero-order valence-corrected chi connectivity index (χ0v) is 11.0. The molecule has 0 radical (unpaired) electrons. The maximum atomic E-state index is 13.2. The summed E-state index contributed by atoms with van der Waals surface area (Å²) >= 11 is 0.